The fourth-order valence-corrected chi connectivity index (χ4v) is 1.46. The van der Waals surface area contributed by atoms with Crippen molar-refractivity contribution in [1.82, 2.24) is 0 Å². The molecule has 0 heterocycles. The van der Waals surface area contributed by atoms with Crippen LogP contribution in [0.15, 0.2) is 18.2 Å². The Morgan fingerprint density at radius 3 is 2.38 bits per heavy atom. The summed E-state index contributed by atoms with van der Waals surface area (Å²) in [4.78, 5) is 32.1. The number of benzene rings is 1. The summed E-state index contributed by atoms with van der Waals surface area (Å²) in [6.07, 6.45) is 1.09. The van der Waals surface area contributed by atoms with Gasteiger partial charge in [0.25, 0.3) is 0 Å². The number of carbonyl (C=O) groups excluding carboxylic acids is 3. The molecule has 0 saturated heterocycles. The van der Waals surface area contributed by atoms with Crippen LogP contribution in [0.3, 0.4) is 0 Å². The molecule has 0 spiro atoms. The van der Waals surface area contributed by atoms with Crippen molar-refractivity contribution < 1.29 is 14.4 Å². The number of rotatable bonds is 3. The summed E-state index contributed by atoms with van der Waals surface area (Å²) in [5, 5.41) is 0. The summed E-state index contributed by atoms with van der Waals surface area (Å²) in [5.74, 6) is 0. The first-order valence-electron chi connectivity index (χ1n) is 3.44. The number of hydrogen-bond donors (Lipinski definition) is 0. The zero-order valence-corrected chi connectivity index (χ0v) is 8.65. The van der Waals surface area contributed by atoms with Crippen LogP contribution in [-0.4, -0.2) is 16.4 Å². The van der Waals surface area contributed by atoms with Crippen LogP contribution >= 0.6 is 22.6 Å². The molecule has 0 fully saturated rings. The van der Waals surface area contributed by atoms with Gasteiger partial charge in [0, 0.05) is 39.3 Å². The van der Waals surface area contributed by atoms with Crippen LogP contribution in [0.2, 0.25) is 0 Å². The Kier molecular flexibility index (Phi) is 3.30. The molecule has 0 aliphatic heterocycles. The van der Waals surface area contributed by atoms with Crippen molar-refractivity contribution in [2.45, 2.75) is 0 Å². The van der Waals surface area contributed by atoms with Crippen LogP contribution in [0.5, 0.6) is 0 Å². The van der Waals surface area contributed by atoms with Crippen molar-refractivity contribution in [3.05, 3.63) is 34.9 Å². The average Bonchev–Trinajstić information content (AvgIpc) is 2.16. The summed E-state index contributed by atoms with van der Waals surface area (Å²) in [7, 11) is 0. The van der Waals surface area contributed by atoms with Gasteiger partial charge in [-0.3, -0.25) is 14.4 Å². The third kappa shape index (κ3) is 2.00. The largest absolute Gasteiger partial charge is 0.298 e. The van der Waals surface area contributed by atoms with Gasteiger partial charge in [0.05, 0.1) is 0 Å². The standard InChI is InChI=1S/C9H5IO3/c10-9(13)7-3-1-2-6(4-11)8(7)5-12/h1-5H. The third-order valence-electron chi connectivity index (χ3n) is 1.60. The molecule has 3 nitrogen and oxygen atoms in total. The summed E-state index contributed by atoms with van der Waals surface area (Å²) in [6, 6.07) is 4.59. The second kappa shape index (κ2) is 4.27. The van der Waals surface area contributed by atoms with Crippen molar-refractivity contribution in [3.63, 3.8) is 0 Å². The van der Waals surface area contributed by atoms with Crippen LogP contribution in [0, 0.1) is 0 Å². The Hall–Kier alpha value is -1.04. The molecule has 1 aromatic rings. The van der Waals surface area contributed by atoms with Crippen molar-refractivity contribution in [1.29, 1.82) is 0 Å². The van der Waals surface area contributed by atoms with Gasteiger partial charge in [-0.15, -0.1) is 0 Å². The Morgan fingerprint density at radius 1 is 1.23 bits per heavy atom. The molecule has 0 radical (unpaired) electrons. The smallest absolute Gasteiger partial charge is 0.223 e. The summed E-state index contributed by atoms with van der Waals surface area (Å²) in [6.45, 7) is 0. The van der Waals surface area contributed by atoms with Crippen LogP contribution in [0.1, 0.15) is 31.1 Å². The molecular weight excluding hydrogens is 283 g/mol. The van der Waals surface area contributed by atoms with Gasteiger partial charge in [0.1, 0.15) is 0 Å². The lowest BCUT2D eigenvalue weighted by atomic mass is 10.0. The van der Waals surface area contributed by atoms with E-state index in [1.165, 1.54) is 12.1 Å². The molecule has 13 heavy (non-hydrogen) atoms. The molecule has 66 valence electrons. The summed E-state index contributed by atoms with van der Waals surface area (Å²) < 4.78 is -0.247. The molecular formula is C9H5IO3. The first-order chi connectivity index (χ1) is 6.20. The number of carbonyl (C=O) groups is 3. The molecule has 0 unspecified atom stereocenters. The molecule has 0 aliphatic rings. The van der Waals surface area contributed by atoms with E-state index in [1.807, 2.05) is 0 Å². The Bertz CT molecular complexity index is 371. The fourth-order valence-electron chi connectivity index (χ4n) is 0.989. The predicted molar refractivity (Wildman–Crippen MR) is 55.6 cm³/mol. The van der Waals surface area contributed by atoms with E-state index in [4.69, 9.17) is 0 Å². The van der Waals surface area contributed by atoms with Gasteiger partial charge in [0.15, 0.2) is 12.6 Å². The first kappa shape index (κ1) is 10.0. The molecule has 0 bridgehead atoms. The van der Waals surface area contributed by atoms with E-state index in [2.05, 4.69) is 0 Å². The molecule has 0 atom stereocenters. The van der Waals surface area contributed by atoms with Gasteiger partial charge < -0.3 is 0 Å². The lowest BCUT2D eigenvalue weighted by Gasteiger charge is -2.00. The van der Waals surface area contributed by atoms with E-state index in [-0.39, 0.29) is 20.5 Å². The predicted octanol–water partition coefficient (Wildman–Crippen LogP) is 1.89. The summed E-state index contributed by atoms with van der Waals surface area (Å²) >= 11 is 1.58. The van der Waals surface area contributed by atoms with Gasteiger partial charge in [-0.05, 0) is 6.07 Å². The maximum atomic E-state index is 11.0. The topological polar surface area (TPSA) is 51.2 Å². The summed E-state index contributed by atoms with van der Waals surface area (Å²) in [5.41, 5.74) is 0.689. The van der Waals surface area contributed by atoms with Crippen LogP contribution in [0.4, 0.5) is 0 Å². The molecule has 0 aliphatic carbocycles. The minimum atomic E-state index is -0.247. The lowest BCUT2D eigenvalue weighted by Crippen LogP contribution is -2.00. The van der Waals surface area contributed by atoms with E-state index >= 15 is 0 Å². The maximum absolute atomic E-state index is 11.0. The number of halogens is 1. The molecule has 1 aromatic carbocycles. The van der Waals surface area contributed by atoms with Crippen LogP contribution in [0.25, 0.3) is 0 Å². The molecule has 0 aromatic heterocycles. The van der Waals surface area contributed by atoms with Crippen molar-refractivity contribution in [2.75, 3.05) is 0 Å². The van der Waals surface area contributed by atoms with E-state index in [9.17, 15) is 14.4 Å². The average molecular weight is 288 g/mol. The Balaban J connectivity index is 3.43. The zero-order valence-electron chi connectivity index (χ0n) is 6.49. The van der Waals surface area contributed by atoms with Gasteiger partial charge in [-0.1, -0.05) is 12.1 Å². The molecule has 0 N–H and O–H groups in total. The van der Waals surface area contributed by atoms with Gasteiger partial charge >= 0.3 is 0 Å². The highest BCUT2D eigenvalue weighted by molar-refractivity contribution is 14.1. The highest BCUT2D eigenvalue weighted by Crippen LogP contribution is 2.14. The monoisotopic (exact) mass is 288 g/mol. The SMILES string of the molecule is O=Cc1cccc(C(=O)I)c1C=O. The van der Waals surface area contributed by atoms with Gasteiger partial charge in [-0.25, -0.2) is 0 Å². The highest BCUT2D eigenvalue weighted by Gasteiger charge is 2.10. The van der Waals surface area contributed by atoms with Gasteiger partial charge in [0.2, 0.25) is 3.79 Å². The van der Waals surface area contributed by atoms with E-state index in [0.29, 0.717) is 12.6 Å². The highest BCUT2D eigenvalue weighted by atomic mass is 127. The van der Waals surface area contributed by atoms with Crippen LogP contribution < -0.4 is 0 Å². The first-order valence-corrected chi connectivity index (χ1v) is 4.51. The zero-order chi connectivity index (χ0) is 9.84. The number of aldehydes is 2. The van der Waals surface area contributed by atoms with E-state index < -0.39 is 0 Å². The quantitative estimate of drug-likeness (QED) is 0.485. The van der Waals surface area contributed by atoms with E-state index in [1.54, 1.807) is 28.7 Å². The fraction of sp³-hybridized carbons (Fsp3) is 0. The molecule has 0 saturated carbocycles. The van der Waals surface area contributed by atoms with Crippen molar-refractivity contribution >= 4 is 39.0 Å². The third-order valence-corrected chi connectivity index (χ3v) is 2.18. The maximum Gasteiger partial charge on any atom is 0.223 e. The van der Waals surface area contributed by atoms with Crippen molar-refractivity contribution in [2.24, 2.45) is 0 Å². The molecule has 4 heteroatoms. The lowest BCUT2D eigenvalue weighted by molar-refractivity contribution is 0.107. The van der Waals surface area contributed by atoms with Crippen LogP contribution in [-0.2, 0) is 0 Å². The minimum Gasteiger partial charge on any atom is -0.298 e. The normalized spacial score (nSPS) is 9.31. The molecule has 1 rings (SSSR count). The second-order valence-corrected chi connectivity index (χ2v) is 3.30. The Labute approximate surface area is 88.3 Å². The molecule has 0 amide bonds. The van der Waals surface area contributed by atoms with Gasteiger partial charge in [-0.2, -0.15) is 0 Å². The number of hydrogen-bond acceptors (Lipinski definition) is 3. The van der Waals surface area contributed by atoms with E-state index in [0.717, 1.165) is 0 Å². The Morgan fingerprint density at radius 2 is 1.92 bits per heavy atom. The minimum absolute atomic E-state index is 0.164. The second-order valence-electron chi connectivity index (χ2n) is 2.32. The van der Waals surface area contributed by atoms with Crippen molar-refractivity contribution in [3.8, 4) is 0 Å².